The van der Waals surface area contributed by atoms with Gasteiger partial charge in [-0.15, -0.1) is 11.3 Å². The van der Waals surface area contributed by atoms with E-state index < -0.39 is 11.6 Å². The second kappa shape index (κ2) is 5.44. The minimum absolute atomic E-state index is 0.198. The zero-order valence-corrected chi connectivity index (χ0v) is 11.0. The third-order valence-electron chi connectivity index (χ3n) is 2.37. The van der Waals surface area contributed by atoms with Crippen LogP contribution in [0.15, 0.2) is 23.6 Å². The summed E-state index contributed by atoms with van der Waals surface area (Å²) in [4.78, 5) is 4.26. The first-order valence-electron chi connectivity index (χ1n) is 5.71. The van der Waals surface area contributed by atoms with Crippen LogP contribution in [0.25, 0.3) is 11.3 Å². The van der Waals surface area contributed by atoms with Gasteiger partial charge in [0.05, 0.1) is 5.69 Å². The normalized spacial score (nSPS) is 10.9. The van der Waals surface area contributed by atoms with Crippen molar-refractivity contribution in [2.24, 2.45) is 5.92 Å². The molecular weight excluding hydrogens is 254 g/mol. The van der Waals surface area contributed by atoms with E-state index in [1.54, 1.807) is 5.38 Å². The van der Waals surface area contributed by atoms with Crippen molar-refractivity contribution >= 4 is 16.5 Å². The maximum atomic E-state index is 13.6. The number of thiazole rings is 1. The van der Waals surface area contributed by atoms with E-state index in [2.05, 4.69) is 24.1 Å². The molecule has 2 rings (SSSR count). The van der Waals surface area contributed by atoms with Crippen molar-refractivity contribution in [3.05, 3.63) is 35.2 Å². The minimum atomic E-state index is -0.462. The van der Waals surface area contributed by atoms with E-state index in [1.165, 1.54) is 11.3 Å². The lowest BCUT2D eigenvalue weighted by molar-refractivity contribution is 0.603. The highest BCUT2D eigenvalue weighted by Gasteiger charge is 2.10. The summed E-state index contributed by atoms with van der Waals surface area (Å²) in [6, 6.07) is 3.38. The van der Waals surface area contributed by atoms with E-state index >= 15 is 0 Å². The van der Waals surface area contributed by atoms with Gasteiger partial charge in [0.25, 0.3) is 0 Å². The van der Waals surface area contributed by atoms with E-state index in [0.717, 1.165) is 29.9 Å². The fourth-order valence-electron chi connectivity index (χ4n) is 1.46. The average molecular weight is 268 g/mol. The molecule has 96 valence electrons. The molecule has 5 heteroatoms. The molecule has 0 aliphatic rings. The predicted octanol–water partition coefficient (Wildman–Crippen LogP) is 4.16. The van der Waals surface area contributed by atoms with Crippen LogP contribution in [0.4, 0.5) is 13.9 Å². The van der Waals surface area contributed by atoms with Crippen LogP contribution in [-0.4, -0.2) is 11.5 Å². The molecule has 0 atom stereocenters. The molecule has 0 saturated carbocycles. The van der Waals surface area contributed by atoms with Gasteiger partial charge < -0.3 is 5.32 Å². The number of rotatable bonds is 4. The van der Waals surface area contributed by atoms with Gasteiger partial charge in [0.15, 0.2) is 5.13 Å². The largest absolute Gasteiger partial charge is 0.361 e. The number of hydrogen-bond acceptors (Lipinski definition) is 3. The van der Waals surface area contributed by atoms with Gasteiger partial charge in [-0.25, -0.2) is 13.8 Å². The Kier molecular flexibility index (Phi) is 3.91. The summed E-state index contributed by atoms with van der Waals surface area (Å²) in [6.07, 6.45) is 0. The van der Waals surface area contributed by atoms with Crippen LogP contribution >= 0.6 is 11.3 Å². The number of hydrogen-bond donors (Lipinski definition) is 1. The van der Waals surface area contributed by atoms with Crippen LogP contribution in [0.1, 0.15) is 13.8 Å². The standard InChI is InChI=1S/C13H14F2N2S/c1-8(2)6-16-13-17-12(7-18-13)10-5-9(14)3-4-11(10)15/h3-5,7-8H,6H2,1-2H3,(H,16,17). The molecule has 1 N–H and O–H groups in total. The Labute approximate surface area is 109 Å². The molecule has 0 amide bonds. The first-order valence-corrected chi connectivity index (χ1v) is 6.59. The molecule has 0 aliphatic carbocycles. The number of aromatic nitrogens is 1. The summed E-state index contributed by atoms with van der Waals surface area (Å²) >= 11 is 1.39. The van der Waals surface area contributed by atoms with Crippen LogP contribution in [-0.2, 0) is 0 Å². The number of nitrogens with zero attached hydrogens (tertiary/aromatic N) is 1. The SMILES string of the molecule is CC(C)CNc1nc(-c2cc(F)ccc2F)cs1. The molecule has 2 nitrogen and oxygen atoms in total. The van der Waals surface area contributed by atoms with Gasteiger partial charge in [0, 0.05) is 17.5 Å². The van der Waals surface area contributed by atoms with Crippen molar-refractivity contribution in [2.75, 3.05) is 11.9 Å². The maximum Gasteiger partial charge on any atom is 0.183 e. The van der Waals surface area contributed by atoms with Crippen LogP contribution in [0.5, 0.6) is 0 Å². The monoisotopic (exact) mass is 268 g/mol. The first-order chi connectivity index (χ1) is 8.56. The molecule has 0 spiro atoms. The molecule has 18 heavy (non-hydrogen) atoms. The molecule has 1 aromatic heterocycles. The molecule has 0 aliphatic heterocycles. The van der Waals surface area contributed by atoms with E-state index in [4.69, 9.17) is 0 Å². The second-order valence-electron chi connectivity index (χ2n) is 4.44. The molecule has 1 heterocycles. The summed E-state index contributed by atoms with van der Waals surface area (Å²) < 4.78 is 26.6. The van der Waals surface area contributed by atoms with Gasteiger partial charge in [-0.1, -0.05) is 13.8 Å². The Morgan fingerprint density at radius 1 is 1.33 bits per heavy atom. The molecule has 0 fully saturated rings. The molecule has 1 aromatic carbocycles. The Morgan fingerprint density at radius 2 is 2.11 bits per heavy atom. The van der Waals surface area contributed by atoms with Crippen LogP contribution in [0, 0.1) is 17.6 Å². The van der Waals surface area contributed by atoms with E-state index in [9.17, 15) is 8.78 Å². The smallest absolute Gasteiger partial charge is 0.183 e. The molecule has 0 bridgehead atoms. The lowest BCUT2D eigenvalue weighted by Crippen LogP contribution is -2.07. The number of nitrogens with one attached hydrogen (secondary N) is 1. The number of halogens is 2. The topological polar surface area (TPSA) is 24.9 Å². The highest BCUT2D eigenvalue weighted by molar-refractivity contribution is 7.14. The molecule has 0 unspecified atom stereocenters. The Balaban J connectivity index is 2.21. The van der Waals surface area contributed by atoms with Gasteiger partial charge >= 0.3 is 0 Å². The summed E-state index contributed by atoms with van der Waals surface area (Å²) in [6.45, 7) is 4.99. The summed E-state index contributed by atoms with van der Waals surface area (Å²) in [7, 11) is 0. The van der Waals surface area contributed by atoms with Crippen molar-refractivity contribution in [3.8, 4) is 11.3 Å². The fraction of sp³-hybridized carbons (Fsp3) is 0.308. The Morgan fingerprint density at radius 3 is 2.83 bits per heavy atom. The number of benzene rings is 1. The van der Waals surface area contributed by atoms with Gasteiger partial charge in [0.1, 0.15) is 11.6 Å². The molecule has 0 saturated heterocycles. The quantitative estimate of drug-likeness (QED) is 0.900. The van der Waals surface area contributed by atoms with Gasteiger partial charge in [-0.05, 0) is 24.1 Å². The minimum Gasteiger partial charge on any atom is -0.361 e. The van der Waals surface area contributed by atoms with Crippen LogP contribution < -0.4 is 5.32 Å². The zero-order valence-electron chi connectivity index (χ0n) is 10.2. The summed E-state index contributed by atoms with van der Waals surface area (Å²) in [5, 5.41) is 5.61. The van der Waals surface area contributed by atoms with Crippen molar-refractivity contribution in [1.82, 2.24) is 4.98 Å². The Bertz CT molecular complexity index is 538. The molecule has 0 radical (unpaired) electrons. The third kappa shape index (κ3) is 3.04. The Hall–Kier alpha value is -1.49. The first kappa shape index (κ1) is 13.0. The van der Waals surface area contributed by atoms with Gasteiger partial charge in [-0.3, -0.25) is 0 Å². The van der Waals surface area contributed by atoms with Crippen molar-refractivity contribution in [2.45, 2.75) is 13.8 Å². The third-order valence-corrected chi connectivity index (χ3v) is 3.17. The van der Waals surface area contributed by atoms with Crippen molar-refractivity contribution < 1.29 is 8.78 Å². The average Bonchev–Trinajstić information content (AvgIpc) is 2.78. The fourth-order valence-corrected chi connectivity index (χ4v) is 2.18. The summed E-state index contributed by atoms with van der Waals surface area (Å²) in [5.41, 5.74) is 0.659. The molecule has 2 aromatic rings. The van der Waals surface area contributed by atoms with Crippen molar-refractivity contribution in [1.29, 1.82) is 0 Å². The van der Waals surface area contributed by atoms with Gasteiger partial charge in [0.2, 0.25) is 0 Å². The lowest BCUT2D eigenvalue weighted by atomic mass is 10.1. The molecular formula is C13H14F2N2S. The maximum absolute atomic E-state index is 13.6. The van der Waals surface area contributed by atoms with E-state index in [-0.39, 0.29) is 5.56 Å². The highest BCUT2D eigenvalue weighted by Crippen LogP contribution is 2.27. The second-order valence-corrected chi connectivity index (χ2v) is 5.29. The predicted molar refractivity (Wildman–Crippen MR) is 70.8 cm³/mol. The van der Waals surface area contributed by atoms with E-state index in [0.29, 0.717) is 11.6 Å². The highest BCUT2D eigenvalue weighted by atomic mass is 32.1. The van der Waals surface area contributed by atoms with E-state index in [1.807, 2.05) is 0 Å². The zero-order chi connectivity index (χ0) is 13.1. The van der Waals surface area contributed by atoms with Gasteiger partial charge in [-0.2, -0.15) is 0 Å². The lowest BCUT2D eigenvalue weighted by Gasteiger charge is -2.04. The van der Waals surface area contributed by atoms with Crippen LogP contribution in [0.2, 0.25) is 0 Å². The summed E-state index contributed by atoms with van der Waals surface area (Å²) in [5.74, 6) is -0.420. The van der Waals surface area contributed by atoms with Crippen molar-refractivity contribution in [3.63, 3.8) is 0 Å². The van der Waals surface area contributed by atoms with Crippen LogP contribution in [0.3, 0.4) is 0 Å². The number of anilines is 1.